The average molecular weight is 205 g/mol. The molecule has 2 nitrogen and oxygen atoms in total. The van der Waals surface area contributed by atoms with Gasteiger partial charge in [-0.1, -0.05) is 6.07 Å². The van der Waals surface area contributed by atoms with E-state index in [-0.39, 0.29) is 0 Å². The summed E-state index contributed by atoms with van der Waals surface area (Å²) in [6.07, 6.45) is -4.26. The minimum absolute atomic E-state index is 0.463. The summed E-state index contributed by atoms with van der Waals surface area (Å²) in [5.74, 6) is 0. The highest BCUT2D eigenvalue weighted by atomic mass is 19.4. The van der Waals surface area contributed by atoms with Crippen LogP contribution in [0.4, 0.5) is 18.9 Å². The molecule has 0 aliphatic rings. The van der Waals surface area contributed by atoms with Crippen molar-refractivity contribution in [2.24, 2.45) is 0 Å². The average Bonchev–Trinajstić information content (AvgIpc) is 2.20. The summed E-state index contributed by atoms with van der Waals surface area (Å²) in [5, 5.41) is 2.64. The monoisotopic (exact) mass is 205 g/mol. The van der Waals surface area contributed by atoms with Crippen LogP contribution < -0.4 is 5.32 Å². The van der Waals surface area contributed by atoms with Crippen LogP contribution in [0, 0.1) is 0 Å². The van der Waals surface area contributed by atoms with Crippen molar-refractivity contribution in [3.8, 4) is 0 Å². The Labute approximate surface area is 79.7 Å². The Bertz CT molecular complexity index is 286. The molecule has 14 heavy (non-hydrogen) atoms. The molecular weight excluding hydrogens is 195 g/mol. The lowest BCUT2D eigenvalue weighted by atomic mass is 10.2. The number of halogens is 3. The van der Waals surface area contributed by atoms with Gasteiger partial charge in [-0.05, 0) is 18.2 Å². The lowest BCUT2D eigenvalue weighted by Gasteiger charge is -2.07. The van der Waals surface area contributed by atoms with E-state index in [1.54, 1.807) is 13.1 Å². The Kier molecular flexibility index (Phi) is 4.69. The smallest absolute Gasteiger partial charge is 0.388 e. The molecule has 1 N–H and O–H groups in total. The second kappa shape index (κ2) is 5.26. The van der Waals surface area contributed by atoms with E-state index < -0.39 is 11.7 Å². The molecule has 0 saturated carbocycles. The third-order valence-electron chi connectivity index (χ3n) is 1.48. The highest BCUT2D eigenvalue weighted by molar-refractivity contribution is 5.45. The van der Waals surface area contributed by atoms with Crippen LogP contribution in [0.1, 0.15) is 5.56 Å². The van der Waals surface area contributed by atoms with E-state index in [2.05, 4.69) is 5.32 Å². The Morgan fingerprint density at radius 3 is 2.29 bits per heavy atom. The fourth-order valence-corrected chi connectivity index (χ4v) is 0.851. The van der Waals surface area contributed by atoms with Gasteiger partial charge in [0, 0.05) is 12.7 Å². The summed E-state index contributed by atoms with van der Waals surface area (Å²) >= 11 is 0. The fraction of sp³-hybridized carbons (Fsp3) is 0.222. The molecule has 0 radical (unpaired) electrons. The van der Waals surface area contributed by atoms with Gasteiger partial charge in [-0.25, -0.2) is 0 Å². The predicted molar refractivity (Wildman–Crippen MR) is 48.1 cm³/mol. The second-order valence-corrected chi connectivity index (χ2v) is 2.33. The van der Waals surface area contributed by atoms with Gasteiger partial charge in [0.25, 0.3) is 0 Å². The summed E-state index contributed by atoms with van der Waals surface area (Å²) in [7, 11) is 1.58. The van der Waals surface area contributed by atoms with Crippen molar-refractivity contribution >= 4 is 12.5 Å². The van der Waals surface area contributed by atoms with E-state index in [0.717, 1.165) is 12.1 Å². The van der Waals surface area contributed by atoms with Crippen molar-refractivity contribution in [1.82, 2.24) is 0 Å². The van der Waals surface area contributed by atoms with Gasteiger partial charge in [-0.15, -0.1) is 0 Å². The van der Waals surface area contributed by atoms with Crippen LogP contribution in [-0.2, 0) is 11.0 Å². The van der Waals surface area contributed by atoms with Gasteiger partial charge < -0.3 is 10.1 Å². The van der Waals surface area contributed by atoms with E-state index in [4.69, 9.17) is 4.79 Å². The zero-order chi connectivity index (χ0) is 11.2. The first-order valence-electron chi connectivity index (χ1n) is 3.68. The molecule has 0 aliphatic carbocycles. The van der Waals surface area contributed by atoms with Crippen molar-refractivity contribution in [2.75, 3.05) is 12.4 Å². The SMILES string of the molecule is C=O.CNc1cccc(C(F)(F)F)c1. The van der Waals surface area contributed by atoms with Gasteiger partial charge in [0.1, 0.15) is 6.79 Å². The normalized spacial score (nSPS) is 10.0. The van der Waals surface area contributed by atoms with Crippen LogP contribution in [0.2, 0.25) is 0 Å². The highest BCUT2D eigenvalue weighted by Crippen LogP contribution is 2.30. The Morgan fingerprint density at radius 1 is 1.29 bits per heavy atom. The van der Waals surface area contributed by atoms with Crippen LogP contribution in [0.25, 0.3) is 0 Å². The number of carbonyl (C=O) groups excluding carboxylic acids is 1. The quantitative estimate of drug-likeness (QED) is 0.763. The molecule has 0 fully saturated rings. The molecule has 1 aromatic carbocycles. The van der Waals surface area contributed by atoms with E-state index >= 15 is 0 Å². The van der Waals surface area contributed by atoms with Gasteiger partial charge in [-0.2, -0.15) is 13.2 Å². The van der Waals surface area contributed by atoms with Gasteiger partial charge in [0.2, 0.25) is 0 Å². The summed E-state index contributed by atoms with van der Waals surface area (Å²) in [6.45, 7) is 2.00. The maximum atomic E-state index is 12.1. The summed E-state index contributed by atoms with van der Waals surface area (Å²) in [4.78, 5) is 8.00. The first-order valence-corrected chi connectivity index (χ1v) is 3.68. The summed E-state index contributed by atoms with van der Waals surface area (Å²) < 4.78 is 36.2. The number of hydrogen-bond acceptors (Lipinski definition) is 2. The maximum Gasteiger partial charge on any atom is 0.416 e. The van der Waals surface area contributed by atoms with Crippen molar-refractivity contribution < 1.29 is 18.0 Å². The summed E-state index contributed by atoms with van der Waals surface area (Å²) in [5.41, 5.74) is -0.167. The minimum atomic E-state index is -4.26. The number of anilines is 1. The summed E-state index contributed by atoms with van der Waals surface area (Å²) in [6, 6.07) is 5.06. The number of nitrogens with one attached hydrogen (secondary N) is 1. The minimum Gasteiger partial charge on any atom is -0.388 e. The number of hydrogen-bond donors (Lipinski definition) is 1. The van der Waals surface area contributed by atoms with Crippen LogP contribution >= 0.6 is 0 Å². The Hall–Kier alpha value is -1.52. The molecule has 0 atom stereocenters. The first-order chi connectivity index (χ1) is 6.54. The van der Waals surface area contributed by atoms with E-state index in [0.29, 0.717) is 5.69 Å². The van der Waals surface area contributed by atoms with Crippen molar-refractivity contribution in [3.63, 3.8) is 0 Å². The van der Waals surface area contributed by atoms with Crippen molar-refractivity contribution in [2.45, 2.75) is 6.18 Å². The molecule has 0 aliphatic heterocycles. The van der Waals surface area contributed by atoms with Crippen LogP contribution in [0.15, 0.2) is 24.3 Å². The maximum absolute atomic E-state index is 12.1. The molecule has 0 amide bonds. The number of carbonyl (C=O) groups is 1. The van der Waals surface area contributed by atoms with E-state index in [9.17, 15) is 13.2 Å². The highest BCUT2D eigenvalue weighted by Gasteiger charge is 2.30. The molecule has 0 bridgehead atoms. The molecule has 5 heteroatoms. The molecule has 1 aromatic rings. The third-order valence-corrected chi connectivity index (χ3v) is 1.48. The van der Waals surface area contributed by atoms with Gasteiger partial charge in [0.05, 0.1) is 5.56 Å². The molecular formula is C9H10F3NO. The Morgan fingerprint density at radius 2 is 1.86 bits per heavy atom. The molecule has 0 aromatic heterocycles. The molecule has 0 spiro atoms. The second-order valence-electron chi connectivity index (χ2n) is 2.33. The largest absolute Gasteiger partial charge is 0.416 e. The number of rotatable bonds is 1. The standard InChI is InChI=1S/C8H8F3N.CH2O/c1-12-7-4-2-3-6(5-7)8(9,10)11;1-2/h2-5,12H,1H3;1H2. The predicted octanol–water partition coefficient (Wildman–Crippen LogP) is 2.56. The van der Waals surface area contributed by atoms with Gasteiger partial charge in [-0.3, -0.25) is 0 Å². The van der Waals surface area contributed by atoms with Crippen LogP contribution in [0.5, 0.6) is 0 Å². The molecule has 0 unspecified atom stereocenters. The van der Waals surface area contributed by atoms with Crippen molar-refractivity contribution in [1.29, 1.82) is 0 Å². The Balaban J connectivity index is 0.000000791. The van der Waals surface area contributed by atoms with Crippen molar-refractivity contribution in [3.05, 3.63) is 29.8 Å². The molecule has 1 rings (SSSR count). The lowest BCUT2D eigenvalue weighted by Crippen LogP contribution is -2.04. The number of benzene rings is 1. The van der Waals surface area contributed by atoms with Crippen LogP contribution in [0.3, 0.4) is 0 Å². The molecule has 78 valence electrons. The van der Waals surface area contributed by atoms with E-state index in [1.807, 2.05) is 6.79 Å². The van der Waals surface area contributed by atoms with Gasteiger partial charge >= 0.3 is 6.18 Å². The molecule has 0 heterocycles. The topological polar surface area (TPSA) is 29.1 Å². The zero-order valence-corrected chi connectivity index (χ0v) is 7.56. The third kappa shape index (κ3) is 3.47. The molecule has 0 saturated heterocycles. The zero-order valence-electron chi connectivity index (χ0n) is 7.56. The lowest BCUT2D eigenvalue weighted by molar-refractivity contribution is -0.137. The first kappa shape index (κ1) is 12.5. The van der Waals surface area contributed by atoms with E-state index in [1.165, 1.54) is 6.07 Å². The van der Waals surface area contributed by atoms with Crippen LogP contribution in [-0.4, -0.2) is 13.8 Å². The fourth-order valence-electron chi connectivity index (χ4n) is 0.851. The van der Waals surface area contributed by atoms with Gasteiger partial charge in [0.15, 0.2) is 0 Å². The number of alkyl halides is 3.